The fraction of sp³-hybridized carbons (Fsp3) is 0.706. The predicted octanol–water partition coefficient (Wildman–Crippen LogP) is 3.24. The van der Waals surface area contributed by atoms with Crippen molar-refractivity contribution in [2.24, 2.45) is 0 Å². The Kier molecular flexibility index (Phi) is 8.83. The van der Waals surface area contributed by atoms with Crippen molar-refractivity contribution in [1.29, 1.82) is 0 Å². The highest BCUT2D eigenvalue weighted by Gasteiger charge is 2.20. The molecule has 0 aromatic rings. The summed E-state index contributed by atoms with van der Waals surface area (Å²) in [6.45, 7) is 6.27. The largest absolute Gasteiger partial charge is 0.393 e. The standard InChI is InChI=1S/C17H30N2O2/c1-3-5-8-15(4-2)9-6-7-12-18-17(21)19-13-10-16(20)11-14-19/h4-5,8,16,20H,3,6-7,9-14H2,1-2H3,(H,18,21)/b8-5-,15-4+. The number of rotatable bonds is 7. The normalized spacial score (nSPS) is 17.5. The zero-order chi connectivity index (χ0) is 15.5. The molecular formula is C17H30N2O2. The van der Waals surface area contributed by atoms with Gasteiger partial charge in [0.1, 0.15) is 0 Å². The minimum Gasteiger partial charge on any atom is -0.393 e. The highest BCUT2D eigenvalue weighted by Crippen LogP contribution is 2.11. The molecular weight excluding hydrogens is 264 g/mol. The van der Waals surface area contributed by atoms with Crippen molar-refractivity contribution in [3.05, 3.63) is 23.8 Å². The molecule has 0 aromatic carbocycles. The van der Waals surface area contributed by atoms with Crippen molar-refractivity contribution in [2.75, 3.05) is 19.6 Å². The Bertz CT molecular complexity index is 356. The maximum absolute atomic E-state index is 11.9. The molecule has 0 aliphatic carbocycles. The van der Waals surface area contributed by atoms with Gasteiger partial charge in [0, 0.05) is 19.6 Å². The summed E-state index contributed by atoms with van der Waals surface area (Å²) in [5.74, 6) is 0. The number of amides is 2. The molecule has 2 N–H and O–H groups in total. The van der Waals surface area contributed by atoms with Gasteiger partial charge in [0.25, 0.3) is 0 Å². The Morgan fingerprint density at radius 1 is 1.33 bits per heavy atom. The summed E-state index contributed by atoms with van der Waals surface area (Å²) in [4.78, 5) is 13.7. The second-order valence-electron chi connectivity index (χ2n) is 5.58. The van der Waals surface area contributed by atoms with Gasteiger partial charge in [-0.1, -0.05) is 30.7 Å². The first-order valence-corrected chi connectivity index (χ1v) is 8.20. The summed E-state index contributed by atoms with van der Waals surface area (Å²) in [7, 11) is 0. The predicted molar refractivity (Wildman–Crippen MR) is 87.3 cm³/mol. The molecule has 1 rings (SSSR count). The van der Waals surface area contributed by atoms with E-state index < -0.39 is 0 Å². The highest BCUT2D eigenvalue weighted by atomic mass is 16.3. The molecule has 0 aromatic heterocycles. The molecule has 0 spiro atoms. The first kappa shape index (κ1) is 17.8. The Morgan fingerprint density at radius 2 is 2.05 bits per heavy atom. The van der Waals surface area contributed by atoms with Crippen LogP contribution in [-0.2, 0) is 0 Å². The van der Waals surface area contributed by atoms with Gasteiger partial charge in [0.15, 0.2) is 0 Å². The molecule has 1 fully saturated rings. The quantitative estimate of drug-likeness (QED) is 0.559. The molecule has 1 aliphatic heterocycles. The monoisotopic (exact) mass is 294 g/mol. The van der Waals surface area contributed by atoms with Crippen LogP contribution in [-0.4, -0.2) is 41.8 Å². The Hall–Kier alpha value is -1.29. The minimum absolute atomic E-state index is 0.0130. The zero-order valence-corrected chi connectivity index (χ0v) is 13.5. The van der Waals surface area contributed by atoms with Gasteiger partial charge < -0.3 is 15.3 Å². The van der Waals surface area contributed by atoms with Crippen molar-refractivity contribution in [2.45, 2.75) is 58.5 Å². The van der Waals surface area contributed by atoms with Gasteiger partial charge in [-0.05, 0) is 45.4 Å². The van der Waals surface area contributed by atoms with E-state index in [0.717, 1.165) is 32.2 Å². The number of hydrogen-bond acceptors (Lipinski definition) is 2. The number of hydrogen-bond donors (Lipinski definition) is 2. The van der Waals surface area contributed by atoms with E-state index >= 15 is 0 Å². The number of nitrogens with zero attached hydrogens (tertiary/aromatic N) is 1. The number of unbranched alkanes of at least 4 members (excludes halogenated alkanes) is 1. The molecule has 1 aliphatic rings. The summed E-state index contributed by atoms with van der Waals surface area (Å²) in [6, 6.07) is 0.0130. The van der Waals surface area contributed by atoms with Gasteiger partial charge in [-0.25, -0.2) is 4.79 Å². The summed E-state index contributed by atoms with van der Waals surface area (Å²) in [5.41, 5.74) is 1.37. The molecule has 0 atom stereocenters. The fourth-order valence-corrected chi connectivity index (χ4v) is 2.42. The van der Waals surface area contributed by atoms with Crippen LogP contribution in [0.5, 0.6) is 0 Å². The molecule has 0 unspecified atom stereocenters. The van der Waals surface area contributed by atoms with Gasteiger partial charge in [-0.15, -0.1) is 0 Å². The van der Waals surface area contributed by atoms with Crippen molar-refractivity contribution in [3.8, 4) is 0 Å². The van der Waals surface area contributed by atoms with Crippen LogP contribution in [0.1, 0.15) is 52.4 Å². The van der Waals surface area contributed by atoms with Gasteiger partial charge in [-0.3, -0.25) is 0 Å². The van der Waals surface area contributed by atoms with Crippen LogP contribution in [0.15, 0.2) is 23.8 Å². The van der Waals surface area contributed by atoms with E-state index in [4.69, 9.17) is 0 Å². The molecule has 1 saturated heterocycles. The van der Waals surface area contributed by atoms with Gasteiger partial charge in [0.2, 0.25) is 0 Å². The number of aliphatic hydroxyl groups excluding tert-OH is 1. The summed E-state index contributed by atoms with van der Waals surface area (Å²) in [5, 5.41) is 12.4. The van der Waals surface area contributed by atoms with E-state index in [0.29, 0.717) is 25.9 Å². The maximum atomic E-state index is 11.9. The number of carbonyl (C=O) groups is 1. The topological polar surface area (TPSA) is 52.6 Å². The molecule has 4 nitrogen and oxygen atoms in total. The Labute approximate surface area is 128 Å². The van der Waals surface area contributed by atoms with Crippen LogP contribution in [0.25, 0.3) is 0 Å². The van der Waals surface area contributed by atoms with E-state index in [1.165, 1.54) is 5.57 Å². The summed E-state index contributed by atoms with van der Waals surface area (Å²) < 4.78 is 0. The number of nitrogens with one attached hydrogen (secondary N) is 1. The van der Waals surface area contributed by atoms with Gasteiger partial charge in [-0.2, -0.15) is 0 Å². The first-order valence-electron chi connectivity index (χ1n) is 8.20. The van der Waals surface area contributed by atoms with Crippen LogP contribution >= 0.6 is 0 Å². The fourth-order valence-electron chi connectivity index (χ4n) is 2.42. The minimum atomic E-state index is -0.232. The maximum Gasteiger partial charge on any atom is 0.317 e. The molecule has 0 bridgehead atoms. The molecule has 1 heterocycles. The molecule has 21 heavy (non-hydrogen) atoms. The van der Waals surface area contributed by atoms with E-state index in [-0.39, 0.29) is 12.1 Å². The molecule has 2 amide bonds. The first-order chi connectivity index (χ1) is 10.2. The van der Waals surface area contributed by atoms with Crippen molar-refractivity contribution >= 4 is 6.03 Å². The average molecular weight is 294 g/mol. The van der Waals surface area contributed by atoms with Crippen LogP contribution in [0.4, 0.5) is 4.79 Å². The number of aliphatic hydroxyl groups is 1. The lowest BCUT2D eigenvalue weighted by Gasteiger charge is -2.29. The van der Waals surface area contributed by atoms with Crippen molar-refractivity contribution < 1.29 is 9.90 Å². The van der Waals surface area contributed by atoms with Crippen molar-refractivity contribution in [1.82, 2.24) is 10.2 Å². The van der Waals surface area contributed by atoms with Crippen LogP contribution in [0.3, 0.4) is 0 Å². The Morgan fingerprint density at radius 3 is 2.67 bits per heavy atom. The third kappa shape index (κ3) is 7.32. The van der Waals surface area contributed by atoms with E-state index in [1.807, 2.05) is 0 Å². The number of piperidine rings is 1. The lowest BCUT2D eigenvalue weighted by Crippen LogP contribution is -2.45. The van der Waals surface area contributed by atoms with E-state index in [9.17, 15) is 9.90 Å². The summed E-state index contributed by atoms with van der Waals surface area (Å²) in [6.07, 6.45) is 11.9. The molecule has 0 radical (unpaired) electrons. The van der Waals surface area contributed by atoms with Crippen LogP contribution < -0.4 is 5.32 Å². The average Bonchev–Trinajstić information content (AvgIpc) is 2.50. The van der Waals surface area contributed by atoms with Crippen molar-refractivity contribution in [3.63, 3.8) is 0 Å². The van der Waals surface area contributed by atoms with Crippen LogP contribution in [0, 0.1) is 0 Å². The lowest BCUT2D eigenvalue weighted by molar-refractivity contribution is 0.0937. The van der Waals surface area contributed by atoms with Crippen LogP contribution in [0.2, 0.25) is 0 Å². The SMILES string of the molecule is C/C=C(\C=C/CC)CCCCNC(=O)N1CCC(O)CC1. The number of likely N-dealkylation sites (tertiary alicyclic amines) is 1. The molecule has 0 saturated carbocycles. The van der Waals surface area contributed by atoms with E-state index in [1.54, 1.807) is 4.90 Å². The summed E-state index contributed by atoms with van der Waals surface area (Å²) >= 11 is 0. The third-order valence-corrected chi connectivity index (χ3v) is 3.86. The third-order valence-electron chi connectivity index (χ3n) is 3.86. The highest BCUT2D eigenvalue weighted by molar-refractivity contribution is 5.74. The number of allylic oxidation sites excluding steroid dienone is 4. The number of urea groups is 1. The molecule has 4 heteroatoms. The lowest BCUT2D eigenvalue weighted by atomic mass is 10.1. The zero-order valence-electron chi connectivity index (χ0n) is 13.5. The van der Waals surface area contributed by atoms with E-state index in [2.05, 4.69) is 37.4 Å². The molecule has 120 valence electrons. The van der Waals surface area contributed by atoms with Gasteiger partial charge >= 0.3 is 6.03 Å². The number of carbonyl (C=O) groups excluding carboxylic acids is 1. The smallest absolute Gasteiger partial charge is 0.317 e. The van der Waals surface area contributed by atoms with Gasteiger partial charge in [0.05, 0.1) is 6.10 Å². The second-order valence-corrected chi connectivity index (χ2v) is 5.58. The second kappa shape index (κ2) is 10.4. The Balaban J connectivity index is 2.11.